The van der Waals surface area contributed by atoms with E-state index < -0.39 is 4.92 Å². The molecule has 0 amide bonds. The van der Waals surface area contributed by atoms with E-state index in [1.807, 2.05) is 50.2 Å². The summed E-state index contributed by atoms with van der Waals surface area (Å²) in [5, 5.41) is 11.4. The molecule has 0 radical (unpaired) electrons. The second-order valence-electron chi connectivity index (χ2n) is 7.50. The third-order valence-corrected chi connectivity index (χ3v) is 5.57. The summed E-state index contributed by atoms with van der Waals surface area (Å²) in [7, 11) is 1.60. The average Bonchev–Trinajstić information content (AvgIpc) is 2.82. The SMILES string of the molecule is CCc1cc(NNc2c(Cl)cc([N+](=O)[O-])cc2CC)c(OC)cc1NNc1ccc(C)cc1. The number of hydrogen-bond donors (Lipinski definition) is 4. The van der Waals surface area contributed by atoms with Crippen molar-refractivity contribution in [3.63, 3.8) is 0 Å². The van der Waals surface area contributed by atoms with Crippen molar-refractivity contribution in [2.24, 2.45) is 0 Å². The van der Waals surface area contributed by atoms with Gasteiger partial charge in [0.1, 0.15) is 5.75 Å². The number of nitro groups is 1. The van der Waals surface area contributed by atoms with Gasteiger partial charge in [-0.05, 0) is 49.1 Å². The molecule has 0 aliphatic rings. The predicted octanol–water partition coefficient (Wildman–Crippen LogP) is 6.57. The molecule has 3 aromatic rings. The third kappa shape index (κ3) is 5.78. The van der Waals surface area contributed by atoms with Crippen molar-refractivity contribution in [2.45, 2.75) is 33.6 Å². The van der Waals surface area contributed by atoms with E-state index in [9.17, 15) is 10.1 Å². The van der Waals surface area contributed by atoms with Crippen LogP contribution in [0.1, 0.15) is 30.5 Å². The summed E-state index contributed by atoms with van der Waals surface area (Å²) in [6, 6.07) is 14.8. The van der Waals surface area contributed by atoms with Crippen molar-refractivity contribution in [3.05, 3.63) is 80.4 Å². The number of anilines is 4. The molecule has 9 heteroatoms. The minimum Gasteiger partial charge on any atom is -0.494 e. The summed E-state index contributed by atoms with van der Waals surface area (Å²) >= 11 is 6.33. The molecular formula is C24H28ClN5O3. The van der Waals surface area contributed by atoms with Gasteiger partial charge in [0.05, 0.1) is 39.8 Å². The zero-order valence-corrected chi connectivity index (χ0v) is 19.8. The van der Waals surface area contributed by atoms with Gasteiger partial charge in [-0.3, -0.25) is 21.0 Å². The molecule has 174 valence electrons. The topological polar surface area (TPSA) is 100 Å². The molecule has 0 aromatic heterocycles. The first kappa shape index (κ1) is 24.0. The summed E-state index contributed by atoms with van der Waals surface area (Å²) in [5.41, 5.74) is 18.8. The largest absolute Gasteiger partial charge is 0.494 e. The summed E-state index contributed by atoms with van der Waals surface area (Å²) in [4.78, 5) is 10.7. The van der Waals surface area contributed by atoms with Crippen LogP contribution in [0, 0.1) is 17.0 Å². The lowest BCUT2D eigenvalue weighted by Crippen LogP contribution is -2.14. The summed E-state index contributed by atoms with van der Waals surface area (Å²) < 4.78 is 5.59. The standard InChI is InChI=1S/C24H28ClN5O3/c1-5-16-12-22(28-29-24-17(6-2)11-19(30(31)32)13-20(24)25)23(33-4)14-21(16)27-26-18-9-7-15(3)8-10-18/h7-14,26-29H,5-6H2,1-4H3. The molecule has 0 saturated heterocycles. The van der Waals surface area contributed by atoms with Crippen molar-refractivity contribution in [1.82, 2.24) is 0 Å². The Balaban J connectivity index is 1.82. The van der Waals surface area contributed by atoms with E-state index in [0.717, 1.165) is 28.9 Å². The Morgan fingerprint density at radius 1 is 0.909 bits per heavy atom. The molecule has 3 rings (SSSR count). The highest BCUT2D eigenvalue weighted by molar-refractivity contribution is 6.33. The molecule has 0 aliphatic carbocycles. The second-order valence-corrected chi connectivity index (χ2v) is 7.91. The number of aryl methyl sites for hydroxylation is 3. The van der Waals surface area contributed by atoms with Crippen LogP contribution in [0.3, 0.4) is 0 Å². The lowest BCUT2D eigenvalue weighted by molar-refractivity contribution is -0.384. The van der Waals surface area contributed by atoms with Crippen molar-refractivity contribution in [3.8, 4) is 5.75 Å². The van der Waals surface area contributed by atoms with Gasteiger partial charge in [-0.1, -0.05) is 43.1 Å². The second kappa shape index (κ2) is 10.8. The Morgan fingerprint density at radius 3 is 2.18 bits per heavy atom. The fourth-order valence-electron chi connectivity index (χ4n) is 3.38. The molecule has 0 atom stereocenters. The van der Waals surface area contributed by atoms with Crippen LogP contribution in [-0.4, -0.2) is 12.0 Å². The van der Waals surface area contributed by atoms with Gasteiger partial charge < -0.3 is 15.6 Å². The monoisotopic (exact) mass is 469 g/mol. The van der Waals surface area contributed by atoms with E-state index in [2.05, 4.69) is 28.6 Å². The smallest absolute Gasteiger partial charge is 0.271 e. The van der Waals surface area contributed by atoms with Gasteiger partial charge in [-0.2, -0.15) is 0 Å². The van der Waals surface area contributed by atoms with Gasteiger partial charge in [0, 0.05) is 18.2 Å². The number of nitrogens with zero attached hydrogens (tertiary/aromatic N) is 1. The molecule has 0 bridgehead atoms. The third-order valence-electron chi connectivity index (χ3n) is 5.27. The molecule has 0 aliphatic heterocycles. The van der Waals surface area contributed by atoms with Crippen molar-refractivity contribution in [1.29, 1.82) is 0 Å². The van der Waals surface area contributed by atoms with Crippen LogP contribution in [0.4, 0.5) is 28.4 Å². The van der Waals surface area contributed by atoms with Gasteiger partial charge in [0.2, 0.25) is 0 Å². The maximum absolute atomic E-state index is 11.1. The van der Waals surface area contributed by atoms with E-state index in [4.69, 9.17) is 16.3 Å². The first-order valence-corrected chi connectivity index (χ1v) is 11.0. The molecule has 0 saturated carbocycles. The summed E-state index contributed by atoms with van der Waals surface area (Å²) in [5.74, 6) is 0.615. The zero-order chi connectivity index (χ0) is 24.0. The number of ether oxygens (including phenoxy) is 1. The van der Waals surface area contributed by atoms with Gasteiger partial charge in [-0.25, -0.2) is 0 Å². The first-order valence-electron chi connectivity index (χ1n) is 10.6. The molecule has 0 heterocycles. The van der Waals surface area contributed by atoms with Crippen LogP contribution in [0.2, 0.25) is 5.02 Å². The minimum absolute atomic E-state index is 0.0373. The summed E-state index contributed by atoms with van der Waals surface area (Å²) in [6.45, 7) is 6.03. The Bertz CT molecular complexity index is 1140. The van der Waals surface area contributed by atoms with Crippen LogP contribution in [0.5, 0.6) is 5.75 Å². The Hall–Kier alpha value is -3.65. The fourth-order valence-corrected chi connectivity index (χ4v) is 3.66. The van der Waals surface area contributed by atoms with Crippen LogP contribution in [-0.2, 0) is 12.8 Å². The van der Waals surface area contributed by atoms with E-state index >= 15 is 0 Å². The van der Waals surface area contributed by atoms with Gasteiger partial charge in [0.15, 0.2) is 0 Å². The highest BCUT2D eigenvalue weighted by Gasteiger charge is 2.16. The predicted molar refractivity (Wildman–Crippen MR) is 136 cm³/mol. The van der Waals surface area contributed by atoms with Crippen molar-refractivity contribution < 1.29 is 9.66 Å². The van der Waals surface area contributed by atoms with Gasteiger partial charge in [0.25, 0.3) is 5.69 Å². The molecule has 3 aromatic carbocycles. The number of hydrazine groups is 2. The highest BCUT2D eigenvalue weighted by Crippen LogP contribution is 2.35. The first-order chi connectivity index (χ1) is 15.9. The lowest BCUT2D eigenvalue weighted by Gasteiger charge is -2.20. The van der Waals surface area contributed by atoms with Crippen molar-refractivity contribution >= 4 is 40.0 Å². The Kier molecular flexibility index (Phi) is 7.84. The molecule has 4 N–H and O–H groups in total. The van der Waals surface area contributed by atoms with Gasteiger partial charge >= 0.3 is 0 Å². The minimum atomic E-state index is -0.449. The molecule has 0 spiro atoms. The van der Waals surface area contributed by atoms with Crippen LogP contribution in [0.15, 0.2) is 48.5 Å². The summed E-state index contributed by atoms with van der Waals surface area (Å²) in [6.07, 6.45) is 1.37. The number of nitrogens with one attached hydrogen (secondary N) is 4. The molecule has 8 nitrogen and oxygen atoms in total. The van der Waals surface area contributed by atoms with Gasteiger partial charge in [-0.15, -0.1) is 0 Å². The number of nitro benzene ring substituents is 1. The van der Waals surface area contributed by atoms with E-state index in [0.29, 0.717) is 23.5 Å². The molecule has 0 fully saturated rings. The molecule has 33 heavy (non-hydrogen) atoms. The molecular weight excluding hydrogens is 442 g/mol. The van der Waals surface area contributed by atoms with Crippen LogP contribution in [0.25, 0.3) is 0 Å². The normalized spacial score (nSPS) is 10.5. The Labute approximate surface area is 198 Å². The number of benzene rings is 3. The number of hydrogen-bond acceptors (Lipinski definition) is 7. The maximum Gasteiger partial charge on any atom is 0.271 e. The number of halogens is 1. The quantitative estimate of drug-likeness (QED) is 0.197. The van der Waals surface area contributed by atoms with Crippen LogP contribution < -0.4 is 26.4 Å². The number of rotatable bonds is 10. The fraction of sp³-hybridized carbons (Fsp3) is 0.250. The lowest BCUT2D eigenvalue weighted by atomic mass is 10.1. The van der Waals surface area contributed by atoms with E-state index in [1.54, 1.807) is 7.11 Å². The van der Waals surface area contributed by atoms with E-state index in [1.165, 1.54) is 17.7 Å². The Morgan fingerprint density at radius 2 is 1.58 bits per heavy atom. The number of methoxy groups -OCH3 is 1. The van der Waals surface area contributed by atoms with Crippen LogP contribution >= 0.6 is 11.6 Å². The number of non-ortho nitro benzene ring substituents is 1. The van der Waals surface area contributed by atoms with E-state index in [-0.39, 0.29) is 10.7 Å². The molecule has 0 unspecified atom stereocenters. The zero-order valence-electron chi connectivity index (χ0n) is 19.1. The maximum atomic E-state index is 11.1. The highest BCUT2D eigenvalue weighted by atomic mass is 35.5. The van der Waals surface area contributed by atoms with Crippen molar-refractivity contribution in [2.75, 3.05) is 28.8 Å². The average molecular weight is 470 g/mol.